The highest BCUT2D eigenvalue weighted by Crippen LogP contribution is 2.33. The van der Waals surface area contributed by atoms with Gasteiger partial charge in [0, 0.05) is 6.04 Å². The van der Waals surface area contributed by atoms with Crippen LogP contribution >= 0.6 is 54.5 Å². The maximum atomic E-state index is 4.61. The number of hydrogen-bond donors (Lipinski definition) is 0. The molecule has 0 bridgehead atoms. The number of anilines is 2. The summed E-state index contributed by atoms with van der Waals surface area (Å²) in [5, 5.41) is 18.3. The molecule has 35 heavy (non-hydrogen) atoms. The van der Waals surface area contributed by atoms with Gasteiger partial charge in [-0.25, -0.2) is 0 Å². The van der Waals surface area contributed by atoms with Crippen molar-refractivity contribution in [3.8, 4) is 21.1 Å². The van der Waals surface area contributed by atoms with Crippen LogP contribution in [0.5, 0.6) is 0 Å². The molecule has 0 aliphatic carbocycles. The molecule has 4 heterocycles. The van der Waals surface area contributed by atoms with Gasteiger partial charge in [-0.15, -0.1) is 43.1 Å². The fourth-order valence-electron chi connectivity index (χ4n) is 3.92. The van der Waals surface area contributed by atoms with E-state index in [9.17, 15) is 0 Å². The van der Waals surface area contributed by atoms with E-state index in [0.29, 0.717) is 0 Å². The van der Waals surface area contributed by atoms with E-state index >= 15 is 0 Å². The van der Waals surface area contributed by atoms with E-state index in [1.54, 1.807) is 22.7 Å². The minimum atomic E-state index is 0.192. The lowest BCUT2D eigenvalue weighted by Gasteiger charge is -2.29. The summed E-state index contributed by atoms with van der Waals surface area (Å²) in [6.07, 6.45) is 2.11. The highest BCUT2D eigenvalue weighted by molar-refractivity contribution is 9.11. The van der Waals surface area contributed by atoms with Crippen LogP contribution in [0, 0.1) is 0 Å². The topological polar surface area (TPSA) is 58.0 Å². The zero-order valence-electron chi connectivity index (χ0n) is 20.0. The van der Waals surface area contributed by atoms with E-state index in [1.165, 1.54) is 0 Å². The van der Waals surface area contributed by atoms with Crippen molar-refractivity contribution in [2.24, 2.45) is 0 Å². The molecule has 0 amide bonds. The molecule has 0 radical (unpaired) electrons. The second-order valence-corrected chi connectivity index (χ2v) is 13.1. The average molecular weight is 636 g/mol. The molecule has 4 aromatic heterocycles. The molecule has 1 atom stereocenters. The van der Waals surface area contributed by atoms with Crippen molar-refractivity contribution in [1.82, 2.24) is 25.3 Å². The third-order valence-electron chi connectivity index (χ3n) is 5.88. The first kappa shape index (κ1) is 26.3. The summed E-state index contributed by atoms with van der Waals surface area (Å²) in [5.74, 6) is 1.56. The predicted octanol–water partition coefficient (Wildman–Crippen LogP) is 7.90. The van der Waals surface area contributed by atoms with Crippen LogP contribution in [0.4, 0.5) is 11.6 Å². The van der Waals surface area contributed by atoms with Crippen molar-refractivity contribution < 1.29 is 0 Å². The van der Waals surface area contributed by atoms with Gasteiger partial charge in [-0.05, 0) is 120 Å². The van der Waals surface area contributed by atoms with Gasteiger partial charge in [-0.2, -0.15) is 0 Å². The number of nitrogens with zero attached hydrogens (tertiary/aromatic N) is 6. The van der Waals surface area contributed by atoms with Gasteiger partial charge in [0.05, 0.1) is 17.3 Å². The van der Waals surface area contributed by atoms with Gasteiger partial charge in [0.2, 0.25) is 0 Å². The first-order chi connectivity index (χ1) is 17.0. The summed E-state index contributed by atoms with van der Waals surface area (Å²) < 4.78 is 2.16. The Morgan fingerprint density at radius 1 is 0.743 bits per heavy atom. The van der Waals surface area contributed by atoms with Gasteiger partial charge in [0.25, 0.3) is 0 Å². The molecule has 0 aliphatic rings. The standard InChI is InChI=1S/C25H28Br2N6S2/c1-4-32(5-2)16-6-7-17(3)33(24-14-8-18(28-30-24)20-10-12-22(26)34-20)25-15-9-19(29-31-25)21-11-13-23(27)35-21/h8-15,17H,4-7,16H2,1-3H3. The normalized spacial score (nSPS) is 12.3. The number of thiophene rings is 2. The molecule has 1 unspecified atom stereocenters. The van der Waals surface area contributed by atoms with Crippen LogP contribution in [0.15, 0.2) is 56.1 Å². The Labute approximate surface area is 231 Å². The third-order valence-corrected chi connectivity index (χ3v) is 9.17. The van der Waals surface area contributed by atoms with Crippen LogP contribution in [0.25, 0.3) is 21.1 Å². The summed E-state index contributed by atoms with van der Waals surface area (Å²) in [6.45, 7) is 9.89. The molecule has 184 valence electrons. The Morgan fingerprint density at radius 2 is 1.26 bits per heavy atom. The molecule has 0 saturated carbocycles. The van der Waals surface area contributed by atoms with Crippen molar-refractivity contribution in [3.05, 3.63) is 56.1 Å². The average Bonchev–Trinajstić information content (AvgIpc) is 3.51. The zero-order chi connectivity index (χ0) is 24.8. The van der Waals surface area contributed by atoms with Crippen LogP contribution in [0.3, 0.4) is 0 Å². The van der Waals surface area contributed by atoms with Gasteiger partial charge >= 0.3 is 0 Å². The molecule has 0 aromatic carbocycles. The van der Waals surface area contributed by atoms with Gasteiger partial charge in [-0.3, -0.25) is 0 Å². The maximum Gasteiger partial charge on any atom is 0.157 e. The lowest BCUT2D eigenvalue weighted by atomic mass is 10.1. The smallest absolute Gasteiger partial charge is 0.157 e. The molecular formula is C25H28Br2N6S2. The zero-order valence-corrected chi connectivity index (χ0v) is 24.8. The molecule has 0 fully saturated rings. The number of hydrogen-bond acceptors (Lipinski definition) is 8. The lowest BCUT2D eigenvalue weighted by molar-refractivity contribution is 0.294. The first-order valence-corrected chi connectivity index (χ1v) is 14.9. The molecule has 0 saturated heterocycles. The molecular weight excluding hydrogens is 608 g/mol. The van der Waals surface area contributed by atoms with Gasteiger partial charge in [0.15, 0.2) is 11.6 Å². The first-order valence-electron chi connectivity index (χ1n) is 11.7. The molecule has 10 heteroatoms. The molecule has 0 spiro atoms. The van der Waals surface area contributed by atoms with Crippen LogP contribution in [0.2, 0.25) is 0 Å². The van der Waals surface area contributed by atoms with E-state index in [1.807, 2.05) is 36.4 Å². The Bertz CT molecular complexity index is 1120. The van der Waals surface area contributed by atoms with E-state index in [-0.39, 0.29) is 6.04 Å². The van der Waals surface area contributed by atoms with Crippen LogP contribution in [-0.4, -0.2) is 51.0 Å². The monoisotopic (exact) mass is 634 g/mol. The van der Waals surface area contributed by atoms with E-state index < -0.39 is 0 Å². The van der Waals surface area contributed by atoms with Crippen molar-refractivity contribution in [2.75, 3.05) is 24.5 Å². The fraction of sp³-hybridized carbons (Fsp3) is 0.360. The second-order valence-electron chi connectivity index (χ2n) is 8.15. The van der Waals surface area contributed by atoms with Crippen molar-refractivity contribution in [3.63, 3.8) is 0 Å². The fourth-order valence-corrected chi connectivity index (χ4v) is 6.62. The van der Waals surface area contributed by atoms with Crippen LogP contribution in [-0.2, 0) is 0 Å². The summed E-state index contributed by atoms with van der Waals surface area (Å²) in [4.78, 5) is 6.78. The third kappa shape index (κ3) is 6.74. The summed E-state index contributed by atoms with van der Waals surface area (Å²) >= 11 is 10.3. The maximum absolute atomic E-state index is 4.61. The molecule has 6 nitrogen and oxygen atoms in total. The summed E-state index contributed by atoms with van der Waals surface area (Å²) in [6, 6.07) is 16.5. The summed E-state index contributed by atoms with van der Waals surface area (Å²) in [5.41, 5.74) is 1.73. The molecule has 4 rings (SSSR count). The highest BCUT2D eigenvalue weighted by atomic mass is 79.9. The summed E-state index contributed by atoms with van der Waals surface area (Å²) in [7, 11) is 0. The van der Waals surface area contributed by atoms with E-state index in [4.69, 9.17) is 0 Å². The second kappa shape index (κ2) is 12.5. The molecule has 0 aliphatic heterocycles. The van der Waals surface area contributed by atoms with E-state index in [2.05, 4.69) is 95.0 Å². The number of rotatable bonds is 11. The van der Waals surface area contributed by atoms with Gasteiger partial charge in [0.1, 0.15) is 11.4 Å². The number of aromatic nitrogens is 4. The molecule has 4 aromatic rings. The Morgan fingerprint density at radius 3 is 1.63 bits per heavy atom. The minimum absolute atomic E-state index is 0.192. The predicted molar refractivity (Wildman–Crippen MR) is 155 cm³/mol. The van der Waals surface area contributed by atoms with Gasteiger partial charge < -0.3 is 9.80 Å². The lowest BCUT2D eigenvalue weighted by Crippen LogP contribution is -2.32. The molecule has 0 N–H and O–H groups in total. The largest absolute Gasteiger partial charge is 0.305 e. The SMILES string of the molecule is CCN(CC)CCCC(C)N(c1ccc(-c2ccc(Br)s2)nn1)c1ccc(-c2ccc(Br)s2)nn1. The minimum Gasteiger partial charge on any atom is -0.305 e. The Kier molecular flexibility index (Phi) is 9.40. The Balaban J connectivity index is 1.58. The quantitative estimate of drug-likeness (QED) is 0.167. The van der Waals surface area contributed by atoms with Gasteiger partial charge in [-0.1, -0.05) is 13.8 Å². The number of halogens is 2. The van der Waals surface area contributed by atoms with Crippen LogP contribution < -0.4 is 4.90 Å². The van der Waals surface area contributed by atoms with Crippen LogP contribution in [0.1, 0.15) is 33.6 Å². The van der Waals surface area contributed by atoms with Crippen molar-refractivity contribution in [2.45, 2.75) is 39.7 Å². The van der Waals surface area contributed by atoms with Crippen molar-refractivity contribution in [1.29, 1.82) is 0 Å². The highest BCUT2D eigenvalue weighted by Gasteiger charge is 2.21. The van der Waals surface area contributed by atoms with E-state index in [0.717, 1.165) is 72.8 Å². The Hall–Kier alpha value is -1.72. The van der Waals surface area contributed by atoms with Crippen molar-refractivity contribution >= 4 is 66.2 Å².